The first kappa shape index (κ1) is 13.1. The van der Waals surface area contributed by atoms with Crippen molar-refractivity contribution in [3.8, 4) is 11.8 Å². The Hall–Kier alpha value is -1.31. The van der Waals surface area contributed by atoms with Crippen LogP contribution in [0, 0.1) is 11.3 Å². The van der Waals surface area contributed by atoms with Gasteiger partial charge in [-0.2, -0.15) is 5.26 Å². The van der Waals surface area contributed by atoms with E-state index in [4.69, 9.17) is 10.00 Å². The van der Waals surface area contributed by atoms with Gasteiger partial charge in [-0.1, -0.05) is 44.0 Å². The molecule has 0 unspecified atom stereocenters. The second kappa shape index (κ2) is 6.03. The summed E-state index contributed by atoms with van der Waals surface area (Å²) in [5.74, 6) is 0.684. The fourth-order valence-corrected chi connectivity index (χ4v) is 2.19. The molecule has 90 valence electrons. The van der Waals surface area contributed by atoms with Crippen molar-refractivity contribution in [1.82, 2.24) is 0 Å². The maximum absolute atomic E-state index is 8.87. The van der Waals surface area contributed by atoms with Gasteiger partial charge in [0.25, 0.3) is 0 Å². The molecule has 2 aromatic rings. The molecular formula is C14H9Br2NO. The van der Waals surface area contributed by atoms with Crippen molar-refractivity contribution in [2.75, 3.05) is 0 Å². The van der Waals surface area contributed by atoms with Crippen LogP contribution in [0.3, 0.4) is 0 Å². The van der Waals surface area contributed by atoms with E-state index in [1.165, 1.54) is 0 Å². The van der Waals surface area contributed by atoms with Crippen molar-refractivity contribution in [3.63, 3.8) is 0 Å². The van der Waals surface area contributed by atoms with Crippen LogP contribution in [0.4, 0.5) is 0 Å². The van der Waals surface area contributed by atoms with Crippen LogP contribution in [-0.4, -0.2) is 0 Å². The molecule has 0 atom stereocenters. The Balaban J connectivity index is 2.08. The number of nitriles is 1. The molecule has 0 bridgehead atoms. The third-order valence-corrected chi connectivity index (χ3v) is 3.31. The summed E-state index contributed by atoms with van der Waals surface area (Å²) in [6, 6.07) is 15.4. The van der Waals surface area contributed by atoms with E-state index in [0.29, 0.717) is 17.9 Å². The SMILES string of the molecule is N#Cc1cc(Br)cc(OCc2ccc(Br)cc2)c1. The van der Waals surface area contributed by atoms with E-state index in [0.717, 1.165) is 14.5 Å². The summed E-state index contributed by atoms with van der Waals surface area (Å²) in [6.45, 7) is 0.481. The smallest absolute Gasteiger partial charge is 0.122 e. The van der Waals surface area contributed by atoms with Crippen LogP contribution in [0.5, 0.6) is 5.75 Å². The minimum atomic E-state index is 0.481. The predicted molar refractivity (Wildman–Crippen MR) is 77.3 cm³/mol. The van der Waals surface area contributed by atoms with Gasteiger partial charge >= 0.3 is 0 Å². The maximum atomic E-state index is 8.87. The van der Waals surface area contributed by atoms with Gasteiger partial charge in [0.2, 0.25) is 0 Å². The Kier molecular flexibility index (Phi) is 4.40. The standard InChI is InChI=1S/C14H9Br2NO/c15-12-3-1-10(2-4-12)9-18-14-6-11(8-17)5-13(16)7-14/h1-7H,9H2. The number of hydrogen-bond acceptors (Lipinski definition) is 2. The summed E-state index contributed by atoms with van der Waals surface area (Å²) < 4.78 is 7.54. The maximum Gasteiger partial charge on any atom is 0.122 e. The lowest BCUT2D eigenvalue weighted by Gasteiger charge is -2.07. The zero-order valence-corrected chi connectivity index (χ0v) is 12.5. The molecule has 0 saturated heterocycles. The highest BCUT2D eigenvalue weighted by molar-refractivity contribution is 9.10. The molecule has 0 aliphatic heterocycles. The Morgan fingerprint density at radius 2 is 1.72 bits per heavy atom. The first-order chi connectivity index (χ1) is 8.67. The molecule has 0 aliphatic rings. The van der Waals surface area contributed by atoms with Crippen LogP contribution in [0.25, 0.3) is 0 Å². The fourth-order valence-electron chi connectivity index (χ4n) is 1.46. The molecule has 0 aromatic heterocycles. The van der Waals surface area contributed by atoms with Crippen LogP contribution in [-0.2, 0) is 6.61 Å². The Labute approximate surface area is 122 Å². The zero-order valence-electron chi connectivity index (χ0n) is 9.36. The van der Waals surface area contributed by atoms with Gasteiger partial charge < -0.3 is 4.74 Å². The normalized spacial score (nSPS) is 9.83. The van der Waals surface area contributed by atoms with Gasteiger partial charge in [-0.05, 0) is 35.9 Å². The second-order valence-corrected chi connectivity index (χ2v) is 5.53. The highest BCUT2D eigenvalue weighted by Gasteiger charge is 2.01. The lowest BCUT2D eigenvalue weighted by atomic mass is 10.2. The lowest BCUT2D eigenvalue weighted by molar-refractivity contribution is 0.306. The van der Waals surface area contributed by atoms with Gasteiger partial charge in [0.1, 0.15) is 12.4 Å². The van der Waals surface area contributed by atoms with Gasteiger partial charge in [-0.3, -0.25) is 0 Å². The number of hydrogen-bond donors (Lipinski definition) is 0. The quantitative estimate of drug-likeness (QED) is 0.791. The summed E-state index contributed by atoms with van der Waals surface area (Å²) in [5, 5.41) is 8.87. The number of ether oxygens (including phenoxy) is 1. The van der Waals surface area contributed by atoms with Gasteiger partial charge in [0.15, 0.2) is 0 Å². The lowest BCUT2D eigenvalue weighted by Crippen LogP contribution is -1.95. The average molecular weight is 367 g/mol. The molecule has 0 saturated carbocycles. The molecule has 0 aliphatic carbocycles. The van der Waals surface area contributed by atoms with E-state index >= 15 is 0 Å². The molecule has 0 spiro atoms. The number of rotatable bonds is 3. The molecule has 2 rings (SSSR count). The largest absolute Gasteiger partial charge is 0.489 e. The summed E-state index contributed by atoms with van der Waals surface area (Å²) >= 11 is 6.74. The molecule has 0 heterocycles. The first-order valence-electron chi connectivity index (χ1n) is 5.25. The third kappa shape index (κ3) is 3.59. The predicted octanol–water partition coefficient (Wildman–Crippen LogP) is 4.66. The van der Waals surface area contributed by atoms with E-state index < -0.39 is 0 Å². The van der Waals surface area contributed by atoms with Gasteiger partial charge in [0, 0.05) is 8.95 Å². The number of nitrogens with zero attached hydrogens (tertiary/aromatic N) is 1. The van der Waals surface area contributed by atoms with E-state index in [1.54, 1.807) is 12.1 Å². The van der Waals surface area contributed by atoms with Crippen LogP contribution in [0.2, 0.25) is 0 Å². The fraction of sp³-hybridized carbons (Fsp3) is 0.0714. The molecule has 0 N–H and O–H groups in total. The average Bonchev–Trinajstić information content (AvgIpc) is 2.37. The topological polar surface area (TPSA) is 33.0 Å². The Morgan fingerprint density at radius 3 is 2.39 bits per heavy atom. The van der Waals surface area contributed by atoms with Crippen molar-refractivity contribution in [2.45, 2.75) is 6.61 Å². The van der Waals surface area contributed by atoms with Gasteiger partial charge in [-0.15, -0.1) is 0 Å². The molecule has 18 heavy (non-hydrogen) atoms. The molecule has 2 nitrogen and oxygen atoms in total. The van der Waals surface area contributed by atoms with E-state index in [-0.39, 0.29) is 0 Å². The van der Waals surface area contributed by atoms with E-state index in [2.05, 4.69) is 37.9 Å². The first-order valence-corrected chi connectivity index (χ1v) is 6.84. The number of halogens is 2. The van der Waals surface area contributed by atoms with Gasteiger partial charge in [-0.25, -0.2) is 0 Å². The molecule has 0 fully saturated rings. The third-order valence-electron chi connectivity index (χ3n) is 2.32. The summed E-state index contributed by atoms with van der Waals surface area (Å²) in [6.07, 6.45) is 0. The van der Waals surface area contributed by atoms with Crippen LogP contribution in [0.1, 0.15) is 11.1 Å². The van der Waals surface area contributed by atoms with E-state index in [9.17, 15) is 0 Å². The van der Waals surface area contributed by atoms with Crippen molar-refractivity contribution < 1.29 is 4.74 Å². The van der Waals surface area contributed by atoms with E-state index in [1.807, 2.05) is 30.3 Å². The van der Waals surface area contributed by atoms with Crippen molar-refractivity contribution in [2.24, 2.45) is 0 Å². The molecule has 4 heteroatoms. The summed E-state index contributed by atoms with van der Waals surface area (Å²) in [4.78, 5) is 0. The monoisotopic (exact) mass is 365 g/mol. The molecule has 2 aromatic carbocycles. The summed E-state index contributed by atoms with van der Waals surface area (Å²) in [7, 11) is 0. The van der Waals surface area contributed by atoms with Crippen LogP contribution >= 0.6 is 31.9 Å². The molecule has 0 amide bonds. The van der Waals surface area contributed by atoms with Crippen LogP contribution in [0.15, 0.2) is 51.4 Å². The van der Waals surface area contributed by atoms with Crippen molar-refractivity contribution in [1.29, 1.82) is 5.26 Å². The minimum Gasteiger partial charge on any atom is -0.489 e. The highest BCUT2D eigenvalue weighted by Crippen LogP contribution is 2.22. The Morgan fingerprint density at radius 1 is 1.00 bits per heavy atom. The minimum absolute atomic E-state index is 0.481. The zero-order chi connectivity index (χ0) is 13.0. The Bertz CT molecular complexity index is 588. The van der Waals surface area contributed by atoms with Crippen molar-refractivity contribution in [3.05, 3.63) is 62.5 Å². The van der Waals surface area contributed by atoms with Crippen LogP contribution < -0.4 is 4.74 Å². The highest BCUT2D eigenvalue weighted by atomic mass is 79.9. The summed E-state index contributed by atoms with van der Waals surface area (Å²) in [5.41, 5.74) is 1.66. The van der Waals surface area contributed by atoms with Gasteiger partial charge in [0.05, 0.1) is 11.6 Å². The number of benzene rings is 2. The van der Waals surface area contributed by atoms with Crippen molar-refractivity contribution >= 4 is 31.9 Å². The second-order valence-electron chi connectivity index (χ2n) is 3.70. The molecular weight excluding hydrogens is 358 g/mol. The molecule has 0 radical (unpaired) electrons.